The highest BCUT2D eigenvalue weighted by Gasteiger charge is 2.17. The van der Waals surface area contributed by atoms with E-state index in [2.05, 4.69) is 20.8 Å². The molecule has 0 atom stereocenters. The number of nitrogens with zero attached hydrogens (tertiary/aromatic N) is 3. The van der Waals surface area contributed by atoms with E-state index in [1.54, 1.807) is 53.1 Å². The summed E-state index contributed by atoms with van der Waals surface area (Å²) >= 11 is 13.4. The molecule has 0 radical (unpaired) electrons. The molecule has 1 aromatic heterocycles. The third-order valence-electron chi connectivity index (χ3n) is 4.06. The number of anilines is 2. The van der Waals surface area contributed by atoms with Crippen LogP contribution in [0.15, 0.2) is 53.7 Å². The minimum absolute atomic E-state index is 0.0401. The summed E-state index contributed by atoms with van der Waals surface area (Å²) in [5.74, 6) is 0.181. The molecule has 3 rings (SSSR count). The van der Waals surface area contributed by atoms with Crippen LogP contribution in [0.5, 0.6) is 0 Å². The zero-order valence-corrected chi connectivity index (χ0v) is 18.4. The van der Waals surface area contributed by atoms with Gasteiger partial charge < -0.3 is 15.2 Å². The van der Waals surface area contributed by atoms with Gasteiger partial charge in [0, 0.05) is 6.54 Å². The van der Waals surface area contributed by atoms with Gasteiger partial charge in [0.15, 0.2) is 5.16 Å². The highest BCUT2D eigenvalue weighted by Crippen LogP contribution is 2.23. The quantitative estimate of drug-likeness (QED) is 0.479. The molecular formula is C20H19Cl2N5O2S. The number of benzene rings is 2. The fourth-order valence-electron chi connectivity index (χ4n) is 2.65. The summed E-state index contributed by atoms with van der Waals surface area (Å²) in [5.41, 5.74) is 1.09. The molecular weight excluding hydrogens is 445 g/mol. The summed E-state index contributed by atoms with van der Waals surface area (Å²) in [4.78, 5) is 24.6. The third kappa shape index (κ3) is 5.75. The lowest BCUT2D eigenvalue weighted by molar-refractivity contribution is -0.116. The predicted molar refractivity (Wildman–Crippen MR) is 120 cm³/mol. The molecule has 3 aromatic rings. The van der Waals surface area contributed by atoms with Gasteiger partial charge in [0.25, 0.3) is 0 Å². The van der Waals surface area contributed by atoms with Gasteiger partial charge in [0.1, 0.15) is 5.82 Å². The number of hydrogen-bond acceptors (Lipinski definition) is 5. The Hall–Kier alpha value is -2.55. The Morgan fingerprint density at radius 3 is 2.07 bits per heavy atom. The number of amides is 2. The van der Waals surface area contributed by atoms with E-state index in [1.807, 2.05) is 6.92 Å². The Labute approximate surface area is 188 Å². The number of halogens is 2. The second kappa shape index (κ2) is 10.5. The van der Waals surface area contributed by atoms with Gasteiger partial charge in [-0.15, -0.1) is 10.2 Å². The van der Waals surface area contributed by atoms with Crippen molar-refractivity contribution >= 4 is 58.2 Å². The molecule has 10 heteroatoms. The normalized spacial score (nSPS) is 10.6. The second-order valence-corrected chi connectivity index (χ2v) is 7.92. The van der Waals surface area contributed by atoms with Gasteiger partial charge in [-0.3, -0.25) is 9.59 Å². The number of carbonyl (C=O) groups is 2. The molecule has 0 aliphatic carbocycles. The molecule has 1 heterocycles. The Morgan fingerprint density at radius 2 is 1.50 bits per heavy atom. The lowest BCUT2D eigenvalue weighted by atomic mass is 10.3. The van der Waals surface area contributed by atoms with Gasteiger partial charge in [0.2, 0.25) is 11.8 Å². The van der Waals surface area contributed by atoms with Gasteiger partial charge in [0.05, 0.1) is 33.6 Å². The molecule has 0 saturated carbocycles. The van der Waals surface area contributed by atoms with Crippen molar-refractivity contribution in [1.29, 1.82) is 0 Å². The Bertz CT molecular complexity index is 1060. The summed E-state index contributed by atoms with van der Waals surface area (Å²) < 4.78 is 1.81. The lowest BCUT2D eigenvalue weighted by Gasteiger charge is -2.09. The number of thioether (sulfide) groups is 1. The van der Waals surface area contributed by atoms with E-state index >= 15 is 0 Å². The largest absolute Gasteiger partial charge is 0.324 e. The monoisotopic (exact) mass is 463 g/mol. The SMILES string of the molecule is CCn1c(CC(=O)Nc2ccccc2Cl)nnc1SCC(=O)Nc1ccccc1Cl. The fourth-order valence-corrected chi connectivity index (χ4v) is 3.84. The Kier molecular flexibility index (Phi) is 7.73. The Balaban J connectivity index is 1.60. The lowest BCUT2D eigenvalue weighted by Crippen LogP contribution is -2.18. The number of rotatable bonds is 8. The van der Waals surface area contributed by atoms with Crippen LogP contribution in [0.2, 0.25) is 10.0 Å². The van der Waals surface area contributed by atoms with Crippen molar-refractivity contribution in [3.63, 3.8) is 0 Å². The van der Waals surface area contributed by atoms with Gasteiger partial charge in [-0.1, -0.05) is 59.2 Å². The van der Waals surface area contributed by atoms with Crippen LogP contribution in [0.3, 0.4) is 0 Å². The molecule has 2 aromatic carbocycles. The van der Waals surface area contributed by atoms with Crippen LogP contribution in [0.25, 0.3) is 0 Å². The van der Waals surface area contributed by atoms with E-state index in [9.17, 15) is 9.59 Å². The van der Waals surface area contributed by atoms with E-state index in [4.69, 9.17) is 23.2 Å². The van der Waals surface area contributed by atoms with Gasteiger partial charge in [-0.2, -0.15) is 0 Å². The van der Waals surface area contributed by atoms with Crippen molar-refractivity contribution in [3.8, 4) is 0 Å². The summed E-state index contributed by atoms with van der Waals surface area (Å²) in [5, 5.41) is 15.3. The van der Waals surface area contributed by atoms with Crippen molar-refractivity contribution in [2.24, 2.45) is 0 Å². The number of carbonyl (C=O) groups excluding carboxylic acids is 2. The van der Waals surface area contributed by atoms with Gasteiger partial charge >= 0.3 is 0 Å². The van der Waals surface area contributed by atoms with E-state index in [0.717, 1.165) is 0 Å². The molecule has 0 aliphatic rings. The van der Waals surface area contributed by atoms with Crippen LogP contribution in [0, 0.1) is 0 Å². The number of hydrogen-bond donors (Lipinski definition) is 2. The van der Waals surface area contributed by atoms with Crippen LogP contribution >= 0.6 is 35.0 Å². The zero-order chi connectivity index (χ0) is 21.5. The highest BCUT2D eigenvalue weighted by molar-refractivity contribution is 7.99. The van der Waals surface area contributed by atoms with E-state index < -0.39 is 0 Å². The fraction of sp³-hybridized carbons (Fsp3) is 0.200. The van der Waals surface area contributed by atoms with Crippen LogP contribution in [-0.4, -0.2) is 32.3 Å². The first-order valence-electron chi connectivity index (χ1n) is 9.11. The third-order valence-corrected chi connectivity index (χ3v) is 5.68. The van der Waals surface area contributed by atoms with Gasteiger partial charge in [-0.25, -0.2) is 0 Å². The highest BCUT2D eigenvalue weighted by atomic mass is 35.5. The molecule has 0 bridgehead atoms. The molecule has 156 valence electrons. The average molecular weight is 464 g/mol. The van der Waals surface area contributed by atoms with Crippen LogP contribution < -0.4 is 10.6 Å². The summed E-state index contributed by atoms with van der Waals surface area (Å²) in [7, 11) is 0. The Morgan fingerprint density at radius 1 is 0.933 bits per heavy atom. The predicted octanol–water partition coefficient (Wildman–Crippen LogP) is 4.52. The van der Waals surface area contributed by atoms with Crippen molar-refractivity contribution in [2.45, 2.75) is 25.0 Å². The smallest absolute Gasteiger partial charge is 0.234 e. The first kappa shape index (κ1) is 22.1. The topological polar surface area (TPSA) is 88.9 Å². The second-order valence-electron chi connectivity index (χ2n) is 6.16. The first-order valence-corrected chi connectivity index (χ1v) is 10.9. The first-order chi connectivity index (χ1) is 14.5. The van der Waals surface area contributed by atoms with Crippen molar-refractivity contribution in [1.82, 2.24) is 14.8 Å². The molecule has 2 N–H and O–H groups in total. The van der Waals surface area contributed by atoms with Crippen molar-refractivity contribution in [3.05, 3.63) is 64.4 Å². The van der Waals surface area contributed by atoms with Crippen LogP contribution in [0.4, 0.5) is 11.4 Å². The molecule has 0 spiro atoms. The van der Waals surface area contributed by atoms with Crippen LogP contribution in [0.1, 0.15) is 12.7 Å². The molecule has 0 unspecified atom stereocenters. The maximum absolute atomic E-state index is 12.4. The maximum Gasteiger partial charge on any atom is 0.234 e. The molecule has 0 fully saturated rings. The number of aromatic nitrogens is 3. The number of nitrogens with one attached hydrogen (secondary N) is 2. The molecule has 30 heavy (non-hydrogen) atoms. The number of para-hydroxylation sites is 2. The van der Waals surface area contributed by atoms with Crippen molar-refractivity contribution < 1.29 is 9.59 Å². The standard InChI is InChI=1S/C20H19Cl2N5O2S/c1-2-27-17(11-18(28)23-15-9-5-3-7-13(15)21)25-26-20(27)30-12-19(29)24-16-10-6-4-8-14(16)22/h3-10H,2,11-12H2,1H3,(H,23,28)(H,24,29). The average Bonchev–Trinajstić information content (AvgIpc) is 3.11. The minimum atomic E-state index is -0.252. The van der Waals surface area contributed by atoms with Crippen LogP contribution in [-0.2, 0) is 22.6 Å². The molecule has 0 aliphatic heterocycles. The summed E-state index contributed by atoms with van der Waals surface area (Å²) in [6.45, 7) is 2.49. The summed E-state index contributed by atoms with van der Waals surface area (Å²) in [6.07, 6.45) is 0.0401. The summed E-state index contributed by atoms with van der Waals surface area (Å²) in [6, 6.07) is 14.0. The van der Waals surface area contributed by atoms with Gasteiger partial charge in [-0.05, 0) is 31.2 Å². The van der Waals surface area contributed by atoms with E-state index in [-0.39, 0.29) is 24.0 Å². The van der Waals surface area contributed by atoms with E-state index in [0.29, 0.717) is 38.9 Å². The van der Waals surface area contributed by atoms with E-state index in [1.165, 1.54) is 11.8 Å². The molecule has 0 saturated heterocycles. The molecule has 7 nitrogen and oxygen atoms in total. The molecule has 2 amide bonds. The van der Waals surface area contributed by atoms with Crippen molar-refractivity contribution in [2.75, 3.05) is 16.4 Å². The maximum atomic E-state index is 12.4. The zero-order valence-electron chi connectivity index (χ0n) is 16.1. The minimum Gasteiger partial charge on any atom is -0.324 e.